The van der Waals surface area contributed by atoms with Gasteiger partial charge in [0.05, 0.1) is 6.61 Å². The van der Waals surface area contributed by atoms with Gasteiger partial charge in [0.25, 0.3) is 0 Å². The van der Waals surface area contributed by atoms with Crippen LogP contribution < -0.4 is 9.47 Å². The Morgan fingerprint density at radius 2 is 1.62 bits per heavy atom. The second kappa shape index (κ2) is 11.5. The first-order valence-electron chi connectivity index (χ1n) is 11.7. The highest BCUT2D eigenvalue weighted by atomic mass is 16.6. The number of unbranched alkanes of at least 4 members (excludes halogenated alkanes) is 2. The molecule has 4 nitrogen and oxygen atoms in total. The molecule has 0 atom stereocenters. The van der Waals surface area contributed by atoms with Gasteiger partial charge in [-0.1, -0.05) is 52.0 Å². The lowest BCUT2D eigenvalue weighted by Gasteiger charge is -2.42. The summed E-state index contributed by atoms with van der Waals surface area (Å²) in [6, 6.07) is 4.09. The van der Waals surface area contributed by atoms with E-state index in [0.717, 1.165) is 37.7 Å². The number of rotatable bonds is 10. The molecule has 0 aliphatic heterocycles. The molecule has 0 saturated heterocycles. The van der Waals surface area contributed by atoms with Crippen LogP contribution in [0.5, 0.6) is 11.5 Å². The highest BCUT2D eigenvalue weighted by molar-refractivity contribution is 5.85. The number of aliphatic hydroxyl groups is 1. The van der Waals surface area contributed by atoms with Crippen LogP contribution in [0, 0.1) is 0 Å². The molecule has 1 aliphatic rings. The third kappa shape index (κ3) is 7.09. The van der Waals surface area contributed by atoms with E-state index in [2.05, 4.69) is 33.8 Å². The van der Waals surface area contributed by atoms with Crippen molar-refractivity contribution in [3.63, 3.8) is 0 Å². The molecule has 1 aromatic carbocycles. The Morgan fingerprint density at radius 3 is 2.22 bits per heavy atom. The zero-order chi connectivity index (χ0) is 23.8. The van der Waals surface area contributed by atoms with Crippen molar-refractivity contribution in [3.8, 4) is 11.5 Å². The molecule has 1 aliphatic carbocycles. The van der Waals surface area contributed by atoms with Crippen LogP contribution >= 0.6 is 0 Å². The van der Waals surface area contributed by atoms with E-state index in [4.69, 9.17) is 14.6 Å². The lowest BCUT2D eigenvalue weighted by molar-refractivity contribution is -0.129. The number of carbonyl (C=O) groups excluding carboxylic acids is 1. The van der Waals surface area contributed by atoms with Crippen molar-refractivity contribution >= 4 is 5.97 Å². The zero-order valence-electron chi connectivity index (χ0n) is 20.7. The molecule has 0 amide bonds. The number of hydrogen-bond acceptors (Lipinski definition) is 4. The third-order valence-corrected chi connectivity index (χ3v) is 6.20. The zero-order valence-corrected chi connectivity index (χ0v) is 20.7. The number of aliphatic hydroxyl groups excluding tert-OH is 1. The maximum Gasteiger partial charge on any atom is 0.336 e. The van der Waals surface area contributed by atoms with E-state index in [9.17, 15) is 4.79 Å². The van der Waals surface area contributed by atoms with E-state index < -0.39 is 5.97 Å². The van der Waals surface area contributed by atoms with E-state index in [1.54, 1.807) is 0 Å². The number of fused-ring (bicyclic) bond motifs is 1. The summed E-state index contributed by atoms with van der Waals surface area (Å²) in [6.45, 7) is 13.6. The molecule has 2 rings (SSSR count). The Morgan fingerprint density at radius 1 is 1.00 bits per heavy atom. The van der Waals surface area contributed by atoms with Gasteiger partial charge in [0, 0.05) is 12.7 Å². The fourth-order valence-electron chi connectivity index (χ4n) is 4.03. The number of ether oxygens (including phenoxy) is 2. The monoisotopic (exact) mass is 440 g/mol. The minimum atomic E-state index is -0.411. The van der Waals surface area contributed by atoms with Crippen molar-refractivity contribution in [2.75, 3.05) is 13.2 Å². The van der Waals surface area contributed by atoms with Crippen LogP contribution in [0.3, 0.4) is 0 Å². The molecule has 176 valence electrons. The number of hydrogen-bond donors (Lipinski definition) is 1. The van der Waals surface area contributed by atoms with Crippen molar-refractivity contribution in [1.82, 2.24) is 0 Å². The van der Waals surface area contributed by atoms with Gasteiger partial charge in [-0.3, -0.25) is 0 Å². The number of esters is 1. The summed E-state index contributed by atoms with van der Waals surface area (Å²) in [5.41, 5.74) is 3.35. The molecule has 0 saturated carbocycles. The maximum absolute atomic E-state index is 12.6. The minimum absolute atomic E-state index is 0.00660. The Hall–Kier alpha value is -2.33. The van der Waals surface area contributed by atoms with Crippen LogP contribution in [0.1, 0.15) is 84.8 Å². The van der Waals surface area contributed by atoms with Crippen LogP contribution in [-0.2, 0) is 15.6 Å². The van der Waals surface area contributed by atoms with Gasteiger partial charge in [0.15, 0.2) is 11.5 Å². The van der Waals surface area contributed by atoms with Gasteiger partial charge in [-0.05, 0) is 85.6 Å². The Labute approximate surface area is 194 Å². The van der Waals surface area contributed by atoms with E-state index in [1.165, 1.54) is 17.2 Å². The number of allylic oxidation sites excluding steroid dienone is 5. The summed E-state index contributed by atoms with van der Waals surface area (Å²) < 4.78 is 11.9. The fourth-order valence-corrected chi connectivity index (χ4v) is 4.03. The lowest BCUT2D eigenvalue weighted by atomic mass is 9.63. The van der Waals surface area contributed by atoms with Gasteiger partial charge in [-0.2, -0.15) is 0 Å². The molecule has 0 aromatic heterocycles. The molecule has 0 radical (unpaired) electrons. The first-order valence-corrected chi connectivity index (χ1v) is 11.7. The Kier molecular flexibility index (Phi) is 9.33. The lowest BCUT2D eigenvalue weighted by Crippen LogP contribution is -2.34. The summed E-state index contributed by atoms with van der Waals surface area (Å²) in [7, 11) is 0. The third-order valence-electron chi connectivity index (χ3n) is 6.20. The summed E-state index contributed by atoms with van der Waals surface area (Å²) in [5.74, 6) is 0.677. The molecule has 1 aromatic rings. The smallest absolute Gasteiger partial charge is 0.336 e. The van der Waals surface area contributed by atoms with E-state index in [1.807, 2.05) is 44.2 Å². The van der Waals surface area contributed by atoms with E-state index in [-0.39, 0.29) is 17.4 Å². The van der Waals surface area contributed by atoms with Gasteiger partial charge < -0.3 is 14.6 Å². The van der Waals surface area contributed by atoms with Gasteiger partial charge in [-0.15, -0.1) is 0 Å². The molecule has 4 heteroatoms. The highest BCUT2D eigenvalue weighted by Crippen LogP contribution is 2.49. The molecule has 0 unspecified atom stereocenters. The Balaban J connectivity index is 2.35. The Bertz CT molecular complexity index is 872. The minimum Gasteiger partial charge on any atom is -0.490 e. The predicted octanol–water partition coefficient (Wildman–Crippen LogP) is 6.56. The van der Waals surface area contributed by atoms with Crippen molar-refractivity contribution in [2.45, 2.75) is 84.5 Å². The van der Waals surface area contributed by atoms with E-state index in [0.29, 0.717) is 18.1 Å². The molecule has 1 N–H and O–H groups in total. The van der Waals surface area contributed by atoms with Gasteiger partial charge in [0.2, 0.25) is 0 Å². The normalized spacial score (nSPS) is 17.5. The molecule has 0 fully saturated rings. The number of carbonyl (C=O) groups is 1. The summed E-state index contributed by atoms with van der Waals surface area (Å²) in [5, 5.41) is 8.99. The molecule has 0 bridgehead atoms. The standard InChI is InChI=1S/C28H40O4/c1-7-8-10-13-21(2)18-26(30)32-25-20-23-22(27(3,4)14-15-28(23,5)6)19-24(25)31-17-12-9-11-16-29/h7-8,10,13,18-20,29H,9,11-12,14-17H2,1-6H3. The van der Waals surface area contributed by atoms with Gasteiger partial charge in [0.1, 0.15) is 0 Å². The second-order valence-corrected chi connectivity index (χ2v) is 9.94. The fraction of sp³-hybridized carbons (Fsp3) is 0.536. The van der Waals surface area contributed by atoms with Crippen LogP contribution in [0.15, 0.2) is 48.1 Å². The van der Waals surface area contributed by atoms with Crippen LogP contribution in [0.2, 0.25) is 0 Å². The van der Waals surface area contributed by atoms with Crippen molar-refractivity contribution in [3.05, 3.63) is 59.2 Å². The van der Waals surface area contributed by atoms with Gasteiger partial charge in [-0.25, -0.2) is 4.79 Å². The number of benzene rings is 1. The second-order valence-electron chi connectivity index (χ2n) is 9.94. The average Bonchev–Trinajstić information content (AvgIpc) is 2.72. The highest BCUT2D eigenvalue weighted by Gasteiger charge is 2.38. The van der Waals surface area contributed by atoms with Crippen molar-refractivity contribution in [1.29, 1.82) is 0 Å². The van der Waals surface area contributed by atoms with Crippen LogP contribution in [0.4, 0.5) is 0 Å². The topological polar surface area (TPSA) is 55.8 Å². The molecule has 32 heavy (non-hydrogen) atoms. The van der Waals surface area contributed by atoms with Crippen molar-refractivity contribution < 1.29 is 19.4 Å². The molecule has 0 spiro atoms. The molecular formula is C28H40O4. The first kappa shape index (κ1) is 25.9. The van der Waals surface area contributed by atoms with E-state index >= 15 is 0 Å². The molecule has 0 heterocycles. The summed E-state index contributed by atoms with van der Waals surface area (Å²) in [6.07, 6.45) is 13.8. The van der Waals surface area contributed by atoms with Crippen molar-refractivity contribution in [2.24, 2.45) is 0 Å². The quantitative estimate of drug-likeness (QED) is 0.147. The van der Waals surface area contributed by atoms with Crippen LogP contribution in [-0.4, -0.2) is 24.3 Å². The largest absolute Gasteiger partial charge is 0.490 e. The first-order chi connectivity index (χ1) is 15.1. The molecular weight excluding hydrogens is 400 g/mol. The summed E-state index contributed by atoms with van der Waals surface area (Å²) in [4.78, 5) is 12.6. The summed E-state index contributed by atoms with van der Waals surface area (Å²) >= 11 is 0. The SMILES string of the molecule is CC=CC=CC(C)=CC(=O)Oc1cc2c(cc1OCCCCCO)C(C)(C)CCC2(C)C. The van der Waals surface area contributed by atoms with Gasteiger partial charge >= 0.3 is 5.97 Å². The average molecular weight is 441 g/mol. The maximum atomic E-state index is 12.6. The predicted molar refractivity (Wildman–Crippen MR) is 132 cm³/mol. The van der Waals surface area contributed by atoms with Crippen LogP contribution in [0.25, 0.3) is 0 Å².